The van der Waals surface area contributed by atoms with Crippen molar-refractivity contribution in [3.8, 4) is 11.1 Å². The Kier molecular flexibility index (Phi) is 4.59. The summed E-state index contributed by atoms with van der Waals surface area (Å²) >= 11 is 0. The second-order valence-corrected chi connectivity index (χ2v) is 12.6. The number of fused-ring (bicyclic) bond motifs is 1. The van der Waals surface area contributed by atoms with E-state index < -0.39 is 8.07 Å². The van der Waals surface area contributed by atoms with Crippen molar-refractivity contribution in [1.29, 1.82) is 0 Å². The first-order valence-corrected chi connectivity index (χ1v) is 11.7. The summed E-state index contributed by atoms with van der Waals surface area (Å²) in [5.41, 5.74) is 3.22. The third-order valence-corrected chi connectivity index (χ3v) is 5.57. The highest BCUT2D eigenvalue weighted by molar-refractivity contribution is 6.76. The van der Waals surface area contributed by atoms with Gasteiger partial charge in [0.15, 0.2) is 0 Å². The molecule has 5 heteroatoms. The van der Waals surface area contributed by atoms with Gasteiger partial charge in [-0.25, -0.2) is 4.98 Å². The van der Waals surface area contributed by atoms with Gasteiger partial charge in [0.2, 0.25) is 0 Å². The number of aromatic nitrogens is 3. The molecule has 0 atom stereocenters. The Morgan fingerprint density at radius 3 is 2.74 bits per heavy atom. The lowest BCUT2D eigenvalue weighted by molar-refractivity contribution is 0.0899. The minimum Gasteiger partial charge on any atom is -0.361 e. The monoisotopic (exact) mass is 325 g/mol. The SMILES string of the molecule is C[Si](C)(C)CCOCn1ccc2c(-c3cccnc3)ccnc21. The van der Waals surface area contributed by atoms with Crippen LogP contribution in [0.3, 0.4) is 0 Å². The average molecular weight is 325 g/mol. The maximum atomic E-state index is 5.85. The molecule has 0 radical (unpaired) electrons. The number of pyridine rings is 2. The summed E-state index contributed by atoms with van der Waals surface area (Å²) in [4.78, 5) is 8.74. The molecule has 0 unspecified atom stereocenters. The fraction of sp³-hybridized carbons (Fsp3) is 0.333. The summed E-state index contributed by atoms with van der Waals surface area (Å²) < 4.78 is 7.92. The molecule has 0 saturated carbocycles. The highest BCUT2D eigenvalue weighted by Gasteiger charge is 2.13. The van der Waals surface area contributed by atoms with Gasteiger partial charge in [-0.05, 0) is 29.8 Å². The minimum absolute atomic E-state index is 0.553. The highest BCUT2D eigenvalue weighted by atomic mass is 28.3. The lowest BCUT2D eigenvalue weighted by atomic mass is 10.1. The van der Waals surface area contributed by atoms with Crippen molar-refractivity contribution in [3.63, 3.8) is 0 Å². The summed E-state index contributed by atoms with van der Waals surface area (Å²) in [5, 5.41) is 1.13. The number of hydrogen-bond donors (Lipinski definition) is 0. The molecule has 0 aromatic carbocycles. The fourth-order valence-electron chi connectivity index (χ4n) is 2.51. The van der Waals surface area contributed by atoms with Crippen molar-refractivity contribution < 1.29 is 4.74 Å². The third kappa shape index (κ3) is 3.86. The van der Waals surface area contributed by atoms with Crippen LogP contribution in [0.1, 0.15) is 0 Å². The van der Waals surface area contributed by atoms with E-state index in [0.29, 0.717) is 6.73 Å². The molecule has 0 spiro atoms. The van der Waals surface area contributed by atoms with Crippen LogP contribution in [0.2, 0.25) is 25.7 Å². The molecule has 23 heavy (non-hydrogen) atoms. The van der Waals surface area contributed by atoms with Crippen molar-refractivity contribution in [2.45, 2.75) is 32.4 Å². The summed E-state index contributed by atoms with van der Waals surface area (Å²) in [6.07, 6.45) is 7.57. The topological polar surface area (TPSA) is 39.9 Å². The van der Waals surface area contributed by atoms with Crippen LogP contribution in [0.25, 0.3) is 22.2 Å². The number of ether oxygens (including phenoxy) is 1. The molecular weight excluding hydrogens is 302 g/mol. The van der Waals surface area contributed by atoms with Gasteiger partial charge in [-0.15, -0.1) is 0 Å². The molecule has 3 aromatic rings. The third-order valence-electron chi connectivity index (χ3n) is 3.86. The van der Waals surface area contributed by atoms with Crippen LogP contribution in [0.15, 0.2) is 49.1 Å². The number of rotatable bonds is 6. The lowest BCUT2D eigenvalue weighted by Crippen LogP contribution is -2.22. The Labute approximate surface area is 138 Å². The summed E-state index contributed by atoms with van der Waals surface area (Å²) in [7, 11) is -1.04. The van der Waals surface area contributed by atoms with E-state index in [2.05, 4.69) is 46.3 Å². The van der Waals surface area contributed by atoms with E-state index >= 15 is 0 Å². The summed E-state index contributed by atoms with van der Waals surface area (Å²) in [5.74, 6) is 0. The van der Waals surface area contributed by atoms with Crippen molar-refractivity contribution >= 4 is 19.1 Å². The Bertz CT molecular complexity index is 778. The van der Waals surface area contributed by atoms with Crippen molar-refractivity contribution in [3.05, 3.63) is 49.1 Å². The molecule has 0 saturated heterocycles. The Morgan fingerprint density at radius 2 is 2.00 bits per heavy atom. The molecule has 120 valence electrons. The van der Waals surface area contributed by atoms with Crippen LogP contribution in [0.4, 0.5) is 0 Å². The normalized spacial score (nSPS) is 12.0. The van der Waals surface area contributed by atoms with Crippen LogP contribution in [-0.2, 0) is 11.5 Å². The van der Waals surface area contributed by atoms with E-state index in [4.69, 9.17) is 4.74 Å². The molecule has 0 amide bonds. The number of nitrogens with zero attached hydrogens (tertiary/aromatic N) is 3. The van der Waals surface area contributed by atoms with Gasteiger partial charge in [0.1, 0.15) is 12.4 Å². The maximum Gasteiger partial charge on any atom is 0.142 e. The van der Waals surface area contributed by atoms with Gasteiger partial charge >= 0.3 is 0 Å². The van der Waals surface area contributed by atoms with Gasteiger partial charge in [0.05, 0.1) is 0 Å². The lowest BCUT2D eigenvalue weighted by Gasteiger charge is -2.15. The van der Waals surface area contributed by atoms with Crippen LogP contribution in [0, 0.1) is 0 Å². The van der Waals surface area contributed by atoms with Crippen LogP contribution < -0.4 is 0 Å². The van der Waals surface area contributed by atoms with E-state index in [1.165, 1.54) is 6.04 Å². The van der Waals surface area contributed by atoms with Crippen molar-refractivity contribution in [1.82, 2.24) is 14.5 Å². The Balaban J connectivity index is 1.79. The van der Waals surface area contributed by atoms with Gasteiger partial charge in [0.25, 0.3) is 0 Å². The quantitative estimate of drug-likeness (QED) is 0.498. The zero-order chi connectivity index (χ0) is 16.3. The minimum atomic E-state index is -1.04. The molecule has 3 aromatic heterocycles. The predicted octanol–water partition coefficient (Wildman–Crippen LogP) is 4.41. The van der Waals surface area contributed by atoms with Crippen molar-refractivity contribution in [2.75, 3.05) is 6.61 Å². The van der Waals surface area contributed by atoms with E-state index in [1.54, 1.807) is 6.20 Å². The van der Waals surface area contributed by atoms with Gasteiger partial charge in [-0.3, -0.25) is 4.98 Å². The molecule has 3 heterocycles. The summed E-state index contributed by atoms with van der Waals surface area (Å²) in [6.45, 7) is 8.46. The first-order valence-electron chi connectivity index (χ1n) is 7.97. The van der Waals surface area contributed by atoms with Gasteiger partial charge in [0, 0.05) is 50.4 Å². The first kappa shape index (κ1) is 15.9. The zero-order valence-corrected chi connectivity index (χ0v) is 15.0. The van der Waals surface area contributed by atoms with Gasteiger partial charge in [-0.1, -0.05) is 25.7 Å². The second-order valence-electron chi connectivity index (χ2n) is 6.97. The van der Waals surface area contributed by atoms with Crippen LogP contribution in [0.5, 0.6) is 0 Å². The largest absolute Gasteiger partial charge is 0.361 e. The molecule has 0 N–H and O–H groups in total. The van der Waals surface area contributed by atoms with Gasteiger partial charge in [-0.2, -0.15) is 0 Å². The Hall–Kier alpha value is -1.98. The number of hydrogen-bond acceptors (Lipinski definition) is 3. The molecular formula is C18H23N3OSi. The second kappa shape index (κ2) is 6.64. The van der Waals surface area contributed by atoms with Crippen LogP contribution >= 0.6 is 0 Å². The first-order chi connectivity index (χ1) is 11.0. The smallest absolute Gasteiger partial charge is 0.142 e. The molecule has 3 rings (SSSR count). The molecule has 0 fully saturated rings. The molecule has 0 aliphatic rings. The van der Waals surface area contributed by atoms with Crippen LogP contribution in [-0.4, -0.2) is 29.2 Å². The molecule has 0 aliphatic carbocycles. The van der Waals surface area contributed by atoms with Gasteiger partial charge < -0.3 is 9.30 Å². The zero-order valence-electron chi connectivity index (χ0n) is 14.0. The standard InChI is InChI=1S/C18H23N3OSi/c1-23(2,3)12-11-22-14-21-10-7-17-16(6-9-20-18(17)21)15-5-4-8-19-13-15/h4-10,13H,11-12,14H2,1-3H3. The molecule has 4 nitrogen and oxygen atoms in total. The van der Waals surface area contributed by atoms with E-state index in [1.807, 2.05) is 30.7 Å². The maximum absolute atomic E-state index is 5.85. The Morgan fingerprint density at radius 1 is 1.13 bits per heavy atom. The highest BCUT2D eigenvalue weighted by Crippen LogP contribution is 2.27. The van der Waals surface area contributed by atoms with E-state index in [9.17, 15) is 0 Å². The molecule has 0 aliphatic heterocycles. The van der Waals surface area contributed by atoms with E-state index in [-0.39, 0.29) is 0 Å². The molecule has 0 bridgehead atoms. The average Bonchev–Trinajstić information content (AvgIpc) is 2.95. The summed E-state index contributed by atoms with van der Waals surface area (Å²) in [6, 6.07) is 9.35. The fourth-order valence-corrected chi connectivity index (χ4v) is 3.27. The van der Waals surface area contributed by atoms with E-state index in [0.717, 1.165) is 28.8 Å². The van der Waals surface area contributed by atoms with Crippen molar-refractivity contribution in [2.24, 2.45) is 0 Å². The predicted molar refractivity (Wildman–Crippen MR) is 97.1 cm³/mol.